The van der Waals surface area contributed by atoms with Crippen molar-refractivity contribution in [3.05, 3.63) is 46.2 Å². The molecule has 0 fully saturated rings. The van der Waals surface area contributed by atoms with Crippen LogP contribution in [0.3, 0.4) is 0 Å². The maximum Gasteiger partial charge on any atom is 0.0897 e. The normalized spacial score (nSPS) is 12.7. The van der Waals surface area contributed by atoms with Crippen molar-refractivity contribution < 1.29 is 0 Å². The fourth-order valence-corrected chi connectivity index (χ4v) is 2.44. The largest absolute Gasteiger partial charge is 0.261 e. The minimum absolute atomic E-state index is 0.0221. The third-order valence-corrected chi connectivity index (χ3v) is 3.61. The van der Waals surface area contributed by atoms with E-state index in [1.54, 1.807) is 17.5 Å². The van der Waals surface area contributed by atoms with Gasteiger partial charge in [0.05, 0.1) is 10.4 Å². The van der Waals surface area contributed by atoms with Crippen molar-refractivity contribution in [1.82, 2.24) is 9.97 Å². The highest BCUT2D eigenvalue weighted by Gasteiger charge is 2.12. The molecule has 2 aromatic heterocycles. The predicted molar refractivity (Wildman–Crippen MR) is 63.4 cm³/mol. The maximum absolute atomic E-state index is 6.28. The first-order chi connectivity index (χ1) is 7.25. The number of pyridine rings is 1. The molecule has 0 aromatic carbocycles. The van der Waals surface area contributed by atoms with Crippen molar-refractivity contribution in [2.45, 2.75) is 18.7 Å². The lowest BCUT2D eigenvalue weighted by Gasteiger charge is -2.05. The summed E-state index contributed by atoms with van der Waals surface area (Å²) >= 11 is 7.93. The molecule has 0 aliphatic carbocycles. The van der Waals surface area contributed by atoms with E-state index in [1.165, 1.54) is 0 Å². The second kappa shape index (κ2) is 4.73. The van der Waals surface area contributed by atoms with Gasteiger partial charge in [-0.15, -0.1) is 22.9 Å². The molecule has 2 heterocycles. The second-order valence-electron chi connectivity index (χ2n) is 3.27. The zero-order valence-corrected chi connectivity index (χ0v) is 9.92. The Balaban J connectivity index is 2.07. The van der Waals surface area contributed by atoms with Crippen molar-refractivity contribution in [2.24, 2.45) is 0 Å². The molecule has 0 bridgehead atoms. The Morgan fingerprint density at radius 1 is 1.40 bits per heavy atom. The average Bonchev–Trinajstić information content (AvgIpc) is 2.66. The Labute approximate surface area is 98.0 Å². The number of hydrogen-bond donors (Lipinski definition) is 0. The Hall–Kier alpha value is -0.930. The summed E-state index contributed by atoms with van der Waals surface area (Å²) < 4.78 is 0. The topological polar surface area (TPSA) is 25.8 Å². The highest BCUT2D eigenvalue weighted by Crippen LogP contribution is 2.28. The molecule has 1 atom stereocenters. The standard InChI is InChI=1S/C11H11ClN2S/c1-8-14-7-11(15-8)10(12)6-9-4-2-3-5-13-9/h2-5,7,10H,6H2,1H3. The molecular formula is C11H11ClN2S. The molecule has 4 heteroatoms. The van der Waals surface area contributed by atoms with E-state index in [9.17, 15) is 0 Å². The van der Waals surface area contributed by atoms with Crippen LogP contribution in [0.2, 0.25) is 0 Å². The number of thiazole rings is 1. The first-order valence-electron chi connectivity index (χ1n) is 4.72. The van der Waals surface area contributed by atoms with Gasteiger partial charge in [-0.25, -0.2) is 4.98 Å². The minimum Gasteiger partial charge on any atom is -0.261 e. The quantitative estimate of drug-likeness (QED) is 0.767. The summed E-state index contributed by atoms with van der Waals surface area (Å²) in [6.07, 6.45) is 4.39. The lowest BCUT2D eigenvalue weighted by Crippen LogP contribution is -1.95. The van der Waals surface area contributed by atoms with Gasteiger partial charge in [0.1, 0.15) is 0 Å². The molecule has 0 radical (unpaired) electrons. The summed E-state index contributed by atoms with van der Waals surface area (Å²) in [5, 5.41) is 1.03. The Kier molecular flexibility index (Phi) is 3.34. The smallest absolute Gasteiger partial charge is 0.0897 e. The van der Waals surface area contributed by atoms with Crippen LogP contribution >= 0.6 is 22.9 Å². The number of alkyl halides is 1. The van der Waals surface area contributed by atoms with Crippen molar-refractivity contribution in [3.63, 3.8) is 0 Å². The van der Waals surface area contributed by atoms with Crippen LogP contribution in [0, 0.1) is 6.92 Å². The average molecular weight is 239 g/mol. The molecule has 2 nitrogen and oxygen atoms in total. The van der Waals surface area contributed by atoms with Crippen LogP contribution in [0.1, 0.15) is 21.0 Å². The van der Waals surface area contributed by atoms with Gasteiger partial charge < -0.3 is 0 Å². The monoisotopic (exact) mass is 238 g/mol. The molecule has 1 unspecified atom stereocenters. The van der Waals surface area contributed by atoms with Crippen molar-refractivity contribution in [2.75, 3.05) is 0 Å². The summed E-state index contributed by atoms with van der Waals surface area (Å²) in [5.41, 5.74) is 1.02. The second-order valence-corrected chi connectivity index (χ2v) is 5.07. The summed E-state index contributed by atoms with van der Waals surface area (Å²) in [7, 11) is 0. The highest BCUT2D eigenvalue weighted by molar-refractivity contribution is 7.11. The SMILES string of the molecule is Cc1ncc(C(Cl)Cc2ccccn2)s1. The van der Waals surface area contributed by atoms with Gasteiger partial charge in [0.2, 0.25) is 0 Å². The lowest BCUT2D eigenvalue weighted by molar-refractivity contribution is 0.893. The van der Waals surface area contributed by atoms with Crippen molar-refractivity contribution >= 4 is 22.9 Å². The lowest BCUT2D eigenvalue weighted by atomic mass is 10.2. The van der Waals surface area contributed by atoms with Gasteiger partial charge in [0.25, 0.3) is 0 Å². The molecular weight excluding hydrogens is 228 g/mol. The number of halogens is 1. The summed E-state index contributed by atoms with van der Waals surface area (Å²) in [6.45, 7) is 1.98. The number of hydrogen-bond acceptors (Lipinski definition) is 3. The van der Waals surface area contributed by atoms with E-state index in [4.69, 9.17) is 11.6 Å². The van der Waals surface area contributed by atoms with Gasteiger partial charge in [-0.2, -0.15) is 0 Å². The first kappa shape index (κ1) is 10.6. The van der Waals surface area contributed by atoms with E-state index in [0.29, 0.717) is 0 Å². The third-order valence-electron chi connectivity index (χ3n) is 2.06. The van der Waals surface area contributed by atoms with Crippen LogP contribution in [-0.4, -0.2) is 9.97 Å². The molecule has 0 amide bonds. The molecule has 0 aliphatic heterocycles. The zero-order valence-electron chi connectivity index (χ0n) is 8.35. The maximum atomic E-state index is 6.28. The Morgan fingerprint density at radius 2 is 2.27 bits per heavy atom. The fraction of sp³-hybridized carbons (Fsp3) is 0.273. The van der Waals surface area contributed by atoms with E-state index in [0.717, 1.165) is 22.0 Å². The van der Waals surface area contributed by atoms with E-state index in [2.05, 4.69) is 9.97 Å². The highest BCUT2D eigenvalue weighted by atomic mass is 35.5. The molecule has 0 saturated carbocycles. The molecule has 2 rings (SSSR count). The number of rotatable bonds is 3. The van der Waals surface area contributed by atoms with Gasteiger partial charge in [-0.3, -0.25) is 4.98 Å². The van der Waals surface area contributed by atoms with Gasteiger partial charge in [0, 0.05) is 29.4 Å². The van der Waals surface area contributed by atoms with Gasteiger partial charge in [-0.05, 0) is 19.1 Å². The predicted octanol–water partition coefficient (Wildman–Crippen LogP) is 3.37. The summed E-state index contributed by atoms with van der Waals surface area (Å²) in [6, 6.07) is 5.87. The van der Waals surface area contributed by atoms with E-state index in [1.807, 2.05) is 31.3 Å². The third kappa shape index (κ3) is 2.76. The van der Waals surface area contributed by atoms with Crippen LogP contribution in [0.5, 0.6) is 0 Å². The Bertz CT molecular complexity index is 427. The van der Waals surface area contributed by atoms with Crippen LogP contribution in [0.25, 0.3) is 0 Å². The van der Waals surface area contributed by atoms with Gasteiger partial charge >= 0.3 is 0 Å². The zero-order chi connectivity index (χ0) is 10.7. The molecule has 15 heavy (non-hydrogen) atoms. The molecule has 2 aromatic rings. The van der Waals surface area contributed by atoms with Crippen LogP contribution in [0.4, 0.5) is 0 Å². The first-order valence-corrected chi connectivity index (χ1v) is 5.97. The van der Waals surface area contributed by atoms with Gasteiger partial charge in [-0.1, -0.05) is 6.07 Å². The minimum atomic E-state index is -0.0221. The van der Waals surface area contributed by atoms with Crippen molar-refractivity contribution in [1.29, 1.82) is 0 Å². The molecule has 78 valence electrons. The molecule has 0 N–H and O–H groups in total. The number of nitrogens with zero attached hydrogens (tertiary/aromatic N) is 2. The van der Waals surface area contributed by atoms with Crippen LogP contribution in [-0.2, 0) is 6.42 Å². The molecule has 0 saturated heterocycles. The van der Waals surface area contributed by atoms with E-state index in [-0.39, 0.29) is 5.38 Å². The van der Waals surface area contributed by atoms with Crippen LogP contribution < -0.4 is 0 Å². The van der Waals surface area contributed by atoms with E-state index >= 15 is 0 Å². The summed E-state index contributed by atoms with van der Waals surface area (Å²) in [5.74, 6) is 0. The molecule has 0 aliphatic rings. The summed E-state index contributed by atoms with van der Waals surface area (Å²) in [4.78, 5) is 9.55. The number of aryl methyl sites for hydroxylation is 1. The van der Waals surface area contributed by atoms with E-state index < -0.39 is 0 Å². The fourth-order valence-electron chi connectivity index (χ4n) is 1.33. The number of aromatic nitrogens is 2. The van der Waals surface area contributed by atoms with Crippen LogP contribution in [0.15, 0.2) is 30.6 Å². The van der Waals surface area contributed by atoms with Crippen molar-refractivity contribution in [3.8, 4) is 0 Å². The Morgan fingerprint density at radius 3 is 2.87 bits per heavy atom. The molecule has 0 spiro atoms. The van der Waals surface area contributed by atoms with Gasteiger partial charge in [0.15, 0.2) is 0 Å².